The van der Waals surface area contributed by atoms with E-state index < -0.39 is 0 Å². The Kier molecular flexibility index (Phi) is 3.27. The van der Waals surface area contributed by atoms with Gasteiger partial charge in [-0.05, 0) is 21.6 Å². The first kappa shape index (κ1) is 10.2. The van der Waals surface area contributed by atoms with Crippen molar-refractivity contribution < 1.29 is 10.2 Å². The number of hydrogen-bond acceptors (Lipinski definition) is 6. The molecule has 0 radical (unpaired) electrons. The van der Waals surface area contributed by atoms with E-state index in [2.05, 4.69) is 0 Å². The van der Waals surface area contributed by atoms with Gasteiger partial charge in [0, 0.05) is 22.9 Å². The van der Waals surface area contributed by atoms with Crippen molar-refractivity contribution in [2.75, 3.05) is 0 Å². The first-order chi connectivity index (χ1) is 6.74. The lowest BCUT2D eigenvalue weighted by atomic mass is 10.6. The summed E-state index contributed by atoms with van der Waals surface area (Å²) in [6, 6.07) is 3.46. The molecule has 2 aromatic heterocycles. The van der Waals surface area contributed by atoms with Crippen molar-refractivity contribution in [3.8, 4) is 11.5 Å². The van der Waals surface area contributed by atoms with Crippen LogP contribution in [0, 0.1) is 0 Å². The Morgan fingerprint density at radius 3 is 1.57 bits per heavy atom. The number of thiophene rings is 2. The molecule has 0 aliphatic rings. The van der Waals surface area contributed by atoms with E-state index in [1.807, 2.05) is 0 Å². The van der Waals surface area contributed by atoms with Gasteiger partial charge in [0.2, 0.25) is 0 Å². The highest BCUT2D eigenvalue weighted by atomic mass is 33.1. The van der Waals surface area contributed by atoms with Crippen LogP contribution in [0.15, 0.2) is 31.3 Å². The molecule has 74 valence electrons. The van der Waals surface area contributed by atoms with Gasteiger partial charge in [-0.15, -0.1) is 22.7 Å². The smallest absolute Gasteiger partial charge is 0.127 e. The third kappa shape index (κ3) is 2.60. The predicted octanol–water partition coefficient (Wildman–Crippen LogP) is 4.02. The fourth-order valence-electron chi connectivity index (χ4n) is 0.784. The topological polar surface area (TPSA) is 40.5 Å². The Bertz CT molecular complexity index is 380. The van der Waals surface area contributed by atoms with Crippen molar-refractivity contribution in [2.24, 2.45) is 0 Å². The average Bonchev–Trinajstić information content (AvgIpc) is 2.72. The zero-order valence-electron chi connectivity index (χ0n) is 6.84. The molecule has 14 heavy (non-hydrogen) atoms. The molecule has 2 aromatic rings. The molecule has 0 unspecified atom stereocenters. The molecule has 0 spiro atoms. The van der Waals surface area contributed by atoms with Crippen LogP contribution in [0.3, 0.4) is 0 Å². The summed E-state index contributed by atoms with van der Waals surface area (Å²) in [5.74, 6) is 0.624. The monoisotopic (exact) mass is 262 g/mol. The molecule has 0 amide bonds. The molecule has 0 aromatic carbocycles. The number of aromatic hydroxyl groups is 2. The van der Waals surface area contributed by atoms with Crippen molar-refractivity contribution >= 4 is 44.3 Å². The Balaban J connectivity index is 1.94. The van der Waals surface area contributed by atoms with Gasteiger partial charge < -0.3 is 10.2 Å². The van der Waals surface area contributed by atoms with Crippen LogP contribution in [0.2, 0.25) is 0 Å². The van der Waals surface area contributed by atoms with Crippen molar-refractivity contribution in [3.63, 3.8) is 0 Å². The van der Waals surface area contributed by atoms with Crippen LogP contribution < -0.4 is 0 Å². The zero-order chi connectivity index (χ0) is 9.97. The lowest BCUT2D eigenvalue weighted by Crippen LogP contribution is -1.54. The fraction of sp³-hybridized carbons (Fsp3) is 0. The minimum Gasteiger partial charge on any atom is -0.507 e. The summed E-state index contributed by atoms with van der Waals surface area (Å²) in [6.07, 6.45) is 0. The highest BCUT2D eigenvalue weighted by molar-refractivity contribution is 8.77. The van der Waals surface area contributed by atoms with Crippen LogP contribution in [0.25, 0.3) is 0 Å². The molecule has 0 saturated heterocycles. The largest absolute Gasteiger partial charge is 0.507 e. The molecule has 2 nitrogen and oxygen atoms in total. The van der Waals surface area contributed by atoms with Crippen molar-refractivity contribution in [2.45, 2.75) is 8.42 Å². The van der Waals surface area contributed by atoms with Crippen LogP contribution in [-0.2, 0) is 0 Å². The highest BCUT2D eigenvalue weighted by Crippen LogP contribution is 2.44. The molecule has 0 aliphatic carbocycles. The van der Waals surface area contributed by atoms with Gasteiger partial charge in [0.1, 0.15) is 11.5 Å². The highest BCUT2D eigenvalue weighted by Gasteiger charge is 2.03. The molecule has 2 rings (SSSR count). The third-order valence-corrected chi connectivity index (χ3v) is 6.43. The molecule has 0 aliphatic heterocycles. The van der Waals surface area contributed by atoms with Gasteiger partial charge in [-0.1, -0.05) is 0 Å². The standard InChI is InChI=1S/C8H6O2S4/c9-5-1-7(11-3-5)13-14-8-2-6(10)4-12-8/h1-4,9-10H. The van der Waals surface area contributed by atoms with Crippen LogP contribution in [0.5, 0.6) is 11.5 Å². The molecule has 6 heteroatoms. The van der Waals surface area contributed by atoms with E-state index in [9.17, 15) is 0 Å². The lowest BCUT2D eigenvalue weighted by Gasteiger charge is -1.92. The molecule has 2 N–H and O–H groups in total. The minimum atomic E-state index is 0.312. The zero-order valence-corrected chi connectivity index (χ0v) is 10.1. The molecule has 0 atom stereocenters. The van der Waals surface area contributed by atoms with E-state index in [1.54, 1.807) is 44.5 Å². The van der Waals surface area contributed by atoms with E-state index in [1.165, 1.54) is 22.7 Å². The Hall–Kier alpha value is -0.300. The summed E-state index contributed by atoms with van der Waals surface area (Å²) in [6.45, 7) is 0. The van der Waals surface area contributed by atoms with E-state index >= 15 is 0 Å². The second-order valence-electron chi connectivity index (χ2n) is 2.41. The summed E-state index contributed by atoms with van der Waals surface area (Å²) in [4.78, 5) is 0. The molecular weight excluding hydrogens is 256 g/mol. The van der Waals surface area contributed by atoms with Crippen LogP contribution in [-0.4, -0.2) is 10.2 Å². The summed E-state index contributed by atoms with van der Waals surface area (Å²) in [7, 11) is 3.16. The molecule has 0 saturated carbocycles. The van der Waals surface area contributed by atoms with E-state index in [-0.39, 0.29) is 0 Å². The maximum absolute atomic E-state index is 9.10. The maximum Gasteiger partial charge on any atom is 0.127 e. The number of rotatable bonds is 3. The summed E-state index contributed by atoms with van der Waals surface area (Å²) in [5.41, 5.74) is 0. The van der Waals surface area contributed by atoms with Crippen LogP contribution >= 0.6 is 44.3 Å². The van der Waals surface area contributed by atoms with E-state index in [0.29, 0.717) is 11.5 Å². The normalized spacial score (nSPS) is 10.6. The van der Waals surface area contributed by atoms with Crippen molar-refractivity contribution in [3.05, 3.63) is 22.9 Å². The SMILES string of the molecule is Oc1csc(SSc2cc(O)cs2)c1. The van der Waals surface area contributed by atoms with Crippen molar-refractivity contribution in [1.82, 2.24) is 0 Å². The van der Waals surface area contributed by atoms with Gasteiger partial charge in [0.25, 0.3) is 0 Å². The first-order valence-electron chi connectivity index (χ1n) is 3.63. The fourth-order valence-corrected chi connectivity index (χ4v) is 4.98. The lowest BCUT2D eigenvalue weighted by molar-refractivity contribution is 0.476. The van der Waals surface area contributed by atoms with Crippen molar-refractivity contribution in [1.29, 1.82) is 0 Å². The molecule has 2 heterocycles. The van der Waals surface area contributed by atoms with Gasteiger partial charge in [0.05, 0.1) is 8.42 Å². The van der Waals surface area contributed by atoms with Gasteiger partial charge >= 0.3 is 0 Å². The van der Waals surface area contributed by atoms with Crippen LogP contribution in [0.4, 0.5) is 0 Å². The maximum atomic E-state index is 9.10. The third-order valence-electron chi connectivity index (χ3n) is 1.33. The molecular formula is C8H6O2S4. The summed E-state index contributed by atoms with van der Waals surface area (Å²) < 4.78 is 2.11. The van der Waals surface area contributed by atoms with Gasteiger partial charge in [-0.25, -0.2) is 0 Å². The van der Waals surface area contributed by atoms with Crippen LogP contribution in [0.1, 0.15) is 0 Å². The minimum absolute atomic E-state index is 0.312. The summed E-state index contributed by atoms with van der Waals surface area (Å²) in [5, 5.41) is 21.6. The van der Waals surface area contributed by atoms with Gasteiger partial charge in [0.15, 0.2) is 0 Å². The predicted molar refractivity (Wildman–Crippen MR) is 63.7 cm³/mol. The Morgan fingerprint density at radius 2 is 1.29 bits per heavy atom. The second kappa shape index (κ2) is 4.48. The Morgan fingerprint density at radius 1 is 0.857 bits per heavy atom. The quantitative estimate of drug-likeness (QED) is 0.820. The second-order valence-corrected chi connectivity index (χ2v) is 6.97. The first-order valence-corrected chi connectivity index (χ1v) is 7.54. The average molecular weight is 262 g/mol. The van der Waals surface area contributed by atoms with Gasteiger partial charge in [-0.3, -0.25) is 0 Å². The summed E-state index contributed by atoms with van der Waals surface area (Å²) >= 11 is 3.02. The molecule has 0 bridgehead atoms. The molecule has 0 fully saturated rings. The van der Waals surface area contributed by atoms with E-state index in [4.69, 9.17) is 10.2 Å². The van der Waals surface area contributed by atoms with E-state index in [0.717, 1.165) is 8.42 Å². The van der Waals surface area contributed by atoms with Gasteiger partial charge in [-0.2, -0.15) is 0 Å². The number of hydrogen-bond donors (Lipinski definition) is 2. The Labute approximate surface area is 97.0 Å².